The van der Waals surface area contributed by atoms with Crippen LogP contribution in [0.1, 0.15) is 5.56 Å². The van der Waals surface area contributed by atoms with Crippen LogP contribution in [0.5, 0.6) is 0 Å². The number of nitrogens with one attached hydrogen (secondary N) is 3. The molecule has 15 heteroatoms. The number of anilines is 1. The first-order valence-electron chi connectivity index (χ1n) is 9.23. The molecule has 4 rings (SSSR count). The third kappa shape index (κ3) is 3.35. The Kier molecular flexibility index (Phi) is 5.30. The molecule has 0 atom stereocenters. The van der Waals surface area contributed by atoms with Crippen LogP contribution in [0.2, 0.25) is 0 Å². The molecular weight excluding hydrogens is 458 g/mol. The van der Waals surface area contributed by atoms with E-state index in [0.29, 0.717) is 16.5 Å². The number of fused-ring (bicyclic) bond motifs is 1. The minimum Gasteiger partial charge on any atom is -0.382 e. The molecule has 3 aromatic rings. The average Bonchev–Trinajstić information content (AvgIpc) is 3.07. The van der Waals surface area contributed by atoms with Crippen LogP contribution in [0.3, 0.4) is 0 Å². The number of nitrogen functional groups attached to an aromatic ring is 1. The fourth-order valence-corrected chi connectivity index (χ4v) is 6.88. The summed E-state index contributed by atoms with van der Waals surface area (Å²) >= 11 is 0. The number of benzene rings is 2. The number of H-pyrrole nitrogens is 1. The van der Waals surface area contributed by atoms with E-state index < -0.39 is 34.9 Å². The number of nitrogens with zero attached hydrogens (tertiary/aromatic N) is 2. The van der Waals surface area contributed by atoms with Crippen molar-refractivity contribution in [3.05, 3.63) is 35.9 Å². The van der Waals surface area contributed by atoms with Crippen molar-refractivity contribution < 1.29 is 16.8 Å². The Labute approximate surface area is 183 Å². The number of sulfonamides is 1. The van der Waals surface area contributed by atoms with Crippen LogP contribution in [-0.4, -0.2) is 51.2 Å². The quantitative estimate of drug-likeness (QED) is 0.0945. The predicted octanol–water partition coefficient (Wildman–Crippen LogP) is -1.71. The van der Waals surface area contributed by atoms with Crippen LogP contribution in [0.25, 0.3) is 22.0 Å². The number of rotatable bonds is 5. The molecule has 1 aliphatic heterocycles. The Balaban J connectivity index is 2.17. The SMILES string of the molecule is N/N=C(\NN)c1c(-c2cccc3[nH]nc(N)c23)ccc(S(=O)(=O)C2CNC2)c1S(N)(=O)=O. The van der Waals surface area contributed by atoms with Crippen molar-refractivity contribution in [1.29, 1.82) is 0 Å². The molecule has 170 valence electrons. The molecule has 1 aromatic heterocycles. The van der Waals surface area contributed by atoms with Crippen molar-refractivity contribution in [3.8, 4) is 11.1 Å². The van der Waals surface area contributed by atoms with Crippen LogP contribution >= 0.6 is 0 Å². The van der Waals surface area contributed by atoms with Crippen LogP contribution in [0, 0.1) is 0 Å². The number of nitrogens with two attached hydrogens (primary N) is 4. The van der Waals surface area contributed by atoms with Gasteiger partial charge in [0.15, 0.2) is 21.5 Å². The third-order valence-electron chi connectivity index (χ3n) is 5.31. The lowest BCUT2D eigenvalue weighted by atomic mass is 9.96. The van der Waals surface area contributed by atoms with E-state index in [0.717, 1.165) is 0 Å². The summed E-state index contributed by atoms with van der Waals surface area (Å²) < 4.78 is 51.9. The van der Waals surface area contributed by atoms with E-state index in [9.17, 15) is 16.8 Å². The Hall–Kier alpha value is -3.24. The highest BCUT2D eigenvalue weighted by atomic mass is 32.2. The van der Waals surface area contributed by atoms with Gasteiger partial charge >= 0.3 is 0 Å². The summed E-state index contributed by atoms with van der Waals surface area (Å²) in [6.07, 6.45) is 0. The molecule has 2 aromatic carbocycles. The van der Waals surface area contributed by atoms with E-state index in [1.54, 1.807) is 18.2 Å². The van der Waals surface area contributed by atoms with Gasteiger partial charge in [0.2, 0.25) is 10.0 Å². The van der Waals surface area contributed by atoms with Gasteiger partial charge in [-0.15, -0.1) is 0 Å². The van der Waals surface area contributed by atoms with Crippen molar-refractivity contribution in [2.75, 3.05) is 18.8 Å². The van der Waals surface area contributed by atoms with Crippen LogP contribution in [-0.2, 0) is 19.9 Å². The Morgan fingerprint density at radius 2 is 1.84 bits per heavy atom. The molecule has 1 fully saturated rings. The van der Waals surface area contributed by atoms with Gasteiger partial charge in [-0.1, -0.05) is 18.2 Å². The van der Waals surface area contributed by atoms with Gasteiger partial charge in [0.1, 0.15) is 4.90 Å². The zero-order valence-corrected chi connectivity index (χ0v) is 18.2. The summed E-state index contributed by atoms with van der Waals surface area (Å²) in [6, 6.07) is 7.72. The molecule has 0 aliphatic carbocycles. The topological polar surface area (TPSA) is 237 Å². The number of amidine groups is 1. The molecule has 0 radical (unpaired) electrons. The van der Waals surface area contributed by atoms with E-state index in [2.05, 4.69) is 26.0 Å². The molecule has 13 nitrogen and oxygen atoms in total. The number of hydrogen-bond donors (Lipinski definition) is 7. The summed E-state index contributed by atoms with van der Waals surface area (Å²) in [5.41, 5.74) is 9.30. The second-order valence-corrected chi connectivity index (χ2v) is 10.8. The predicted molar refractivity (Wildman–Crippen MR) is 119 cm³/mol. The van der Waals surface area contributed by atoms with E-state index in [4.69, 9.17) is 22.6 Å². The van der Waals surface area contributed by atoms with Crippen molar-refractivity contribution in [2.24, 2.45) is 21.9 Å². The van der Waals surface area contributed by atoms with Gasteiger partial charge < -0.3 is 22.3 Å². The Morgan fingerprint density at radius 3 is 2.41 bits per heavy atom. The second kappa shape index (κ2) is 7.72. The summed E-state index contributed by atoms with van der Waals surface area (Å²) in [4.78, 5) is -1.13. The molecule has 11 N–H and O–H groups in total. The number of aromatic nitrogens is 2. The molecule has 1 aliphatic rings. The zero-order valence-electron chi connectivity index (χ0n) is 16.5. The Bertz CT molecular complexity index is 1460. The number of aromatic amines is 1. The summed E-state index contributed by atoms with van der Waals surface area (Å²) in [5, 5.41) is 18.3. The van der Waals surface area contributed by atoms with Crippen molar-refractivity contribution >= 4 is 42.4 Å². The Morgan fingerprint density at radius 1 is 1.12 bits per heavy atom. The van der Waals surface area contributed by atoms with Crippen molar-refractivity contribution in [3.63, 3.8) is 0 Å². The molecule has 0 saturated carbocycles. The zero-order chi connectivity index (χ0) is 23.3. The lowest BCUT2D eigenvalue weighted by molar-refractivity contribution is 0.493. The molecular formula is C17H21N9O4S2. The largest absolute Gasteiger partial charge is 0.382 e. The van der Waals surface area contributed by atoms with Gasteiger partial charge in [-0.05, 0) is 23.3 Å². The maximum atomic E-state index is 13.2. The van der Waals surface area contributed by atoms with Gasteiger partial charge in [0.05, 0.1) is 21.0 Å². The van der Waals surface area contributed by atoms with Crippen LogP contribution < -0.4 is 33.3 Å². The first-order chi connectivity index (χ1) is 15.1. The molecule has 0 unspecified atom stereocenters. The second-order valence-electron chi connectivity index (χ2n) is 7.14. The molecule has 0 amide bonds. The molecule has 1 saturated heterocycles. The van der Waals surface area contributed by atoms with Gasteiger partial charge in [0.25, 0.3) is 0 Å². The number of hydrazone groups is 1. The van der Waals surface area contributed by atoms with E-state index >= 15 is 0 Å². The number of sulfone groups is 1. The van der Waals surface area contributed by atoms with E-state index in [1.165, 1.54) is 12.1 Å². The van der Waals surface area contributed by atoms with Gasteiger partial charge in [0, 0.05) is 18.7 Å². The van der Waals surface area contributed by atoms with Crippen LogP contribution in [0.4, 0.5) is 5.82 Å². The fourth-order valence-electron chi connectivity index (χ4n) is 3.69. The fraction of sp³-hybridized carbons (Fsp3) is 0.176. The van der Waals surface area contributed by atoms with Crippen LogP contribution in [0.15, 0.2) is 45.2 Å². The molecule has 2 heterocycles. The number of hydrazine groups is 1. The monoisotopic (exact) mass is 479 g/mol. The maximum absolute atomic E-state index is 13.2. The molecule has 0 bridgehead atoms. The first kappa shape index (κ1) is 22.0. The highest BCUT2D eigenvalue weighted by Crippen LogP contribution is 2.38. The lowest BCUT2D eigenvalue weighted by Crippen LogP contribution is -2.51. The first-order valence-corrected chi connectivity index (χ1v) is 12.3. The number of primary sulfonamides is 1. The minimum absolute atomic E-state index is 0.155. The normalized spacial score (nSPS) is 15.6. The summed E-state index contributed by atoms with van der Waals surface area (Å²) in [7, 11) is -8.65. The summed E-state index contributed by atoms with van der Waals surface area (Å²) in [6.45, 7) is 0.364. The van der Waals surface area contributed by atoms with E-state index in [1.807, 2.05) is 0 Å². The van der Waals surface area contributed by atoms with Gasteiger partial charge in [-0.2, -0.15) is 10.2 Å². The molecule has 32 heavy (non-hydrogen) atoms. The van der Waals surface area contributed by atoms with Crippen molar-refractivity contribution in [1.82, 2.24) is 20.9 Å². The highest BCUT2D eigenvalue weighted by molar-refractivity contribution is 7.94. The number of hydrogen-bond acceptors (Lipinski definition) is 10. The van der Waals surface area contributed by atoms with Crippen molar-refractivity contribution in [2.45, 2.75) is 15.0 Å². The van der Waals surface area contributed by atoms with Gasteiger partial charge in [-0.3, -0.25) is 5.10 Å². The minimum atomic E-state index is -4.60. The average molecular weight is 480 g/mol. The highest BCUT2D eigenvalue weighted by Gasteiger charge is 2.38. The maximum Gasteiger partial charge on any atom is 0.240 e. The lowest BCUT2D eigenvalue weighted by Gasteiger charge is -2.28. The molecule has 0 spiro atoms. The third-order valence-corrected chi connectivity index (χ3v) is 8.59. The van der Waals surface area contributed by atoms with Gasteiger partial charge in [-0.25, -0.2) is 27.8 Å². The smallest absolute Gasteiger partial charge is 0.240 e. The summed E-state index contributed by atoms with van der Waals surface area (Å²) in [5.74, 6) is 10.9. The van der Waals surface area contributed by atoms with E-state index in [-0.39, 0.29) is 35.9 Å². The standard InChI is InChI=1S/C17H21N9O4S2/c18-16-13-9(2-1-3-11(13)25-26-16)10-4-5-12(31(27,28)8-6-22-7-8)15(32(21,29)30)14(10)17(23-19)24-20/h1-5,8,22H,6-7,19-20H2,(H,23,24)(H3,18,25,26)(H2,21,29,30).